The minimum absolute atomic E-state index is 0.312. The zero-order valence-electron chi connectivity index (χ0n) is 4.91. The van der Waals surface area contributed by atoms with Crippen LogP contribution in [0.2, 0.25) is 0 Å². The summed E-state index contributed by atoms with van der Waals surface area (Å²) in [6.45, 7) is 1.64. The SMILES string of the molecule is O=[N+]([O-])C1C[N]CCN1. The van der Waals surface area contributed by atoms with Gasteiger partial charge in [-0.1, -0.05) is 0 Å². The van der Waals surface area contributed by atoms with E-state index in [9.17, 15) is 10.1 Å². The van der Waals surface area contributed by atoms with E-state index >= 15 is 0 Å². The van der Waals surface area contributed by atoms with E-state index in [0.717, 1.165) is 0 Å². The Morgan fingerprint density at radius 3 is 2.89 bits per heavy atom. The van der Waals surface area contributed by atoms with Gasteiger partial charge in [-0.25, -0.2) is 5.32 Å². The van der Waals surface area contributed by atoms with Gasteiger partial charge in [0.15, 0.2) is 0 Å². The van der Waals surface area contributed by atoms with Crippen LogP contribution in [0.25, 0.3) is 0 Å². The number of rotatable bonds is 1. The predicted octanol–water partition coefficient (Wildman–Crippen LogP) is -1.20. The molecule has 1 saturated heterocycles. The maximum Gasteiger partial charge on any atom is 0.280 e. The molecule has 1 atom stereocenters. The molecule has 1 radical (unpaired) electrons. The van der Waals surface area contributed by atoms with Gasteiger partial charge in [0.05, 0.1) is 6.54 Å². The van der Waals surface area contributed by atoms with Crippen molar-refractivity contribution in [2.45, 2.75) is 6.17 Å². The fourth-order valence-electron chi connectivity index (χ4n) is 0.730. The van der Waals surface area contributed by atoms with Crippen LogP contribution in [0.4, 0.5) is 0 Å². The molecule has 0 aliphatic carbocycles. The lowest BCUT2D eigenvalue weighted by Gasteiger charge is -2.15. The number of hydrogen-bond donors (Lipinski definition) is 1. The van der Waals surface area contributed by atoms with Gasteiger partial charge in [0.2, 0.25) is 0 Å². The second-order valence-corrected chi connectivity index (χ2v) is 1.89. The Morgan fingerprint density at radius 1 is 1.78 bits per heavy atom. The summed E-state index contributed by atoms with van der Waals surface area (Å²) in [5.74, 6) is 0. The normalized spacial score (nSPS) is 27.8. The summed E-state index contributed by atoms with van der Waals surface area (Å²) < 4.78 is 0. The van der Waals surface area contributed by atoms with E-state index in [2.05, 4.69) is 10.6 Å². The number of nitrogens with zero attached hydrogens (tertiary/aromatic N) is 2. The Labute approximate surface area is 52.6 Å². The van der Waals surface area contributed by atoms with Crippen LogP contribution in [0.5, 0.6) is 0 Å². The lowest BCUT2D eigenvalue weighted by Crippen LogP contribution is -2.49. The third kappa shape index (κ3) is 1.62. The van der Waals surface area contributed by atoms with Crippen LogP contribution < -0.4 is 10.6 Å². The molecule has 5 nitrogen and oxygen atoms in total. The second kappa shape index (κ2) is 2.75. The average molecular weight is 130 g/mol. The molecule has 1 rings (SSSR count). The van der Waals surface area contributed by atoms with Gasteiger partial charge in [-0.3, -0.25) is 15.4 Å². The van der Waals surface area contributed by atoms with Crippen LogP contribution in [0.1, 0.15) is 0 Å². The molecule has 0 amide bonds. The van der Waals surface area contributed by atoms with Crippen LogP contribution in [-0.2, 0) is 0 Å². The van der Waals surface area contributed by atoms with Crippen LogP contribution >= 0.6 is 0 Å². The molecule has 1 heterocycles. The van der Waals surface area contributed by atoms with Crippen molar-refractivity contribution in [1.29, 1.82) is 0 Å². The van der Waals surface area contributed by atoms with Crippen molar-refractivity contribution in [2.24, 2.45) is 0 Å². The summed E-state index contributed by atoms with van der Waals surface area (Å²) in [5, 5.41) is 16.6. The first kappa shape index (κ1) is 6.44. The number of piperazine rings is 1. The summed E-state index contributed by atoms with van der Waals surface area (Å²) >= 11 is 0. The number of nitro groups is 1. The molecule has 51 valence electrons. The van der Waals surface area contributed by atoms with Crippen molar-refractivity contribution < 1.29 is 4.92 Å². The Hall–Kier alpha value is -0.680. The molecule has 1 N–H and O–H groups in total. The number of nitrogens with one attached hydrogen (secondary N) is 1. The van der Waals surface area contributed by atoms with Crippen LogP contribution in [0, 0.1) is 10.1 Å². The smallest absolute Gasteiger partial charge is 0.263 e. The average Bonchev–Trinajstić information content (AvgIpc) is 1.90. The highest BCUT2D eigenvalue weighted by Crippen LogP contribution is 1.87. The highest BCUT2D eigenvalue weighted by molar-refractivity contribution is 4.65. The molecule has 5 heteroatoms. The lowest BCUT2D eigenvalue weighted by molar-refractivity contribution is -0.528. The third-order valence-electron chi connectivity index (χ3n) is 1.21. The Bertz CT molecular complexity index is 110. The fraction of sp³-hybridized carbons (Fsp3) is 1.00. The van der Waals surface area contributed by atoms with Crippen molar-refractivity contribution in [3.63, 3.8) is 0 Å². The van der Waals surface area contributed by atoms with Crippen molar-refractivity contribution in [1.82, 2.24) is 10.6 Å². The van der Waals surface area contributed by atoms with E-state index < -0.39 is 6.17 Å². The molecule has 0 aromatic carbocycles. The summed E-state index contributed by atoms with van der Waals surface area (Å²) in [7, 11) is 0. The Kier molecular flexibility index (Phi) is 1.96. The molecule has 0 aromatic heterocycles. The fourth-order valence-corrected chi connectivity index (χ4v) is 0.730. The molecule has 0 bridgehead atoms. The third-order valence-corrected chi connectivity index (χ3v) is 1.21. The van der Waals surface area contributed by atoms with Crippen molar-refractivity contribution in [2.75, 3.05) is 19.6 Å². The van der Waals surface area contributed by atoms with Crippen LogP contribution in [0.3, 0.4) is 0 Å². The van der Waals surface area contributed by atoms with Crippen molar-refractivity contribution in [3.05, 3.63) is 10.1 Å². The standard InChI is InChI=1S/C4H8N3O2/c8-7(9)4-3-5-1-2-6-4/h4,6H,1-3H2. The first-order valence-electron chi connectivity index (χ1n) is 2.81. The van der Waals surface area contributed by atoms with E-state index in [0.29, 0.717) is 19.6 Å². The topological polar surface area (TPSA) is 69.3 Å². The van der Waals surface area contributed by atoms with Gasteiger partial charge >= 0.3 is 0 Å². The van der Waals surface area contributed by atoms with Crippen LogP contribution in [-0.4, -0.2) is 30.7 Å². The van der Waals surface area contributed by atoms with E-state index in [1.165, 1.54) is 0 Å². The minimum atomic E-state index is -0.640. The molecular weight excluding hydrogens is 122 g/mol. The summed E-state index contributed by atoms with van der Waals surface area (Å²) in [5.41, 5.74) is 0. The summed E-state index contributed by atoms with van der Waals surface area (Å²) in [6, 6.07) is 0. The van der Waals surface area contributed by atoms with E-state index in [-0.39, 0.29) is 4.92 Å². The highest BCUT2D eigenvalue weighted by Gasteiger charge is 2.21. The van der Waals surface area contributed by atoms with Gasteiger partial charge in [0.25, 0.3) is 6.17 Å². The molecule has 0 saturated carbocycles. The van der Waals surface area contributed by atoms with Crippen molar-refractivity contribution in [3.8, 4) is 0 Å². The monoisotopic (exact) mass is 130 g/mol. The van der Waals surface area contributed by atoms with E-state index in [1.54, 1.807) is 0 Å². The first-order chi connectivity index (χ1) is 4.30. The van der Waals surface area contributed by atoms with E-state index in [4.69, 9.17) is 0 Å². The Balaban J connectivity index is 2.31. The molecule has 0 spiro atoms. The van der Waals surface area contributed by atoms with Gasteiger partial charge in [-0.2, -0.15) is 0 Å². The first-order valence-corrected chi connectivity index (χ1v) is 2.81. The second-order valence-electron chi connectivity index (χ2n) is 1.89. The number of hydrogen-bond acceptors (Lipinski definition) is 3. The predicted molar refractivity (Wildman–Crippen MR) is 30.7 cm³/mol. The molecule has 1 unspecified atom stereocenters. The van der Waals surface area contributed by atoms with Crippen LogP contribution in [0.15, 0.2) is 0 Å². The molecule has 1 fully saturated rings. The molecule has 0 aromatic rings. The van der Waals surface area contributed by atoms with Gasteiger partial charge in [-0.15, -0.1) is 0 Å². The molecule has 9 heavy (non-hydrogen) atoms. The Morgan fingerprint density at radius 2 is 2.56 bits per heavy atom. The highest BCUT2D eigenvalue weighted by atomic mass is 16.6. The molecule has 1 aliphatic heterocycles. The maximum absolute atomic E-state index is 10.0. The van der Waals surface area contributed by atoms with Gasteiger partial charge in [-0.05, 0) is 0 Å². The largest absolute Gasteiger partial charge is 0.280 e. The summed E-state index contributed by atoms with van der Waals surface area (Å²) in [4.78, 5) is 9.69. The van der Waals surface area contributed by atoms with Crippen molar-refractivity contribution >= 4 is 0 Å². The summed E-state index contributed by atoms with van der Waals surface area (Å²) in [6.07, 6.45) is -0.640. The maximum atomic E-state index is 10.0. The zero-order chi connectivity index (χ0) is 6.69. The van der Waals surface area contributed by atoms with Gasteiger partial charge < -0.3 is 0 Å². The zero-order valence-corrected chi connectivity index (χ0v) is 4.91. The molecular formula is C4H8N3O2. The molecule has 1 aliphatic rings. The quantitative estimate of drug-likeness (QED) is 0.358. The van der Waals surface area contributed by atoms with E-state index in [1.807, 2.05) is 0 Å². The lowest BCUT2D eigenvalue weighted by atomic mass is 10.4. The minimum Gasteiger partial charge on any atom is -0.263 e. The van der Waals surface area contributed by atoms with Gasteiger partial charge in [0.1, 0.15) is 0 Å². The van der Waals surface area contributed by atoms with Gasteiger partial charge in [0, 0.05) is 18.0 Å².